The highest BCUT2D eigenvalue weighted by Crippen LogP contribution is 2.26. The predicted molar refractivity (Wildman–Crippen MR) is 87.2 cm³/mol. The van der Waals surface area contributed by atoms with Crippen LogP contribution < -0.4 is 5.56 Å². The molecule has 1 fully saturated rings. The van der Waals surface area contributed by atoms with Gasteiger partial charge in [-0.3, -0.25) is 14.3 Å². The van der Waals surface area contributed by atoms with Crippen LogP contribution >= 0.6 is 0 Å². The third-order valence-corrected chi connectivity index (χ3v) is 4.72. The van der Waals surface area contributed by atoms with Gasteiger partial charge >= 0.3 is 0 Å². The maximum Gasteiger partial charge on any atom is 0.271 e. The molecule has 0 atom stereocenters. The van der Waals surface area contributed by atoms with Gasteiger partial charge in [0.15, 0.2) is 5.88 Å². The molecular weight excluding hydrogens is 294 g/mol. The minimum Gasteiger partial charge on any atom is -0.494 e. The van der Waals surface area contributed by atoms with E-state index in [0.717, 1.165) is 25.9 Å². The fraction of sp³-hybridized carbons (Fsp3) is 0.647. The van der Waals surface area contributed by atoms with Gasteiger partial charge in [0.2, 0.25) is 0 Å². The van der Waals surface area contributed by atoms with E-state index in [1.165, 1.54) is 4.57 Å². The first kappa shape index (κ1) is 17.5. The van der Waals surface area contributed by atoms with Gasteiger partial charge in [-0.15, -0.1) is 0 Å². The molecule has 1 aliphatic rings. The Labute approximate surface area is 136 Å². The molecule has 1 aliphatic heterocycles. The van der Waals surface area contributed by atoms with Gasteiger partial charge in [-0.25, -0.2) is 0 Å². The van der Waals surface area contributed by atoms with Crippen molar-refractivity contribution in [3.8, 4) is 11.9 Å². The molecule has 0 spiro atoms. The zero-order chi connectivity index (χ0) is 17.0. The largest absolute Gasteiger partial charge is 0.494 e. The average molecular weight is 319 g/mol. The number of aromatic nitrogens is 1. The summed E-state index contributed by atoms with van der Waals surface area (Å²) in [5.41, 5.74) is 0.815. The Morgan fingerprint density at radius 1 is 1.35 bits per heavy atom. The lowest BCUT2D eigenvalue weighted by Crippen LogP contribution is -2.34. The third-order valence-electron chi connectivity index (χ3n) is 4.72. The van der Waals surface area contributed by atoms with Gasteiger partial charge in [0, 0.05) is 25.3 Å². The van der Waals surface area contributed by atoms with E-state index in [2.05, 4.69) is 11.8 Å². The minimum absolute atomic E-state index is 0.0685. The Hall–Kier alpha value is -1.84. The van der Waals surface area contributed by atoms with Gasteiger partial charge in [-0.2, -0.15) is 5.26 Å². The van der Waals surface area contributed by atoms with E-state index in [1.807, 2.05) is 6.07 Å². The second-order valence-corrected chi connectivity index (χ2v) is 6.41. The fourth-order valence-electron chi connectivity index (χ4n) is 3.07. The lowest BCUT2D eigenvalue weighted by Gasteiger charge is -2.31. The summed E-state index contributed by atoms with van der Waals surface area (Å²) in [6, 6.07) is 1.97. The van der Waals surface area contributed by atoms with Crippen molar-refractivity contribution in [2.75, 3.05) is 19.7 Å². The monoisotopic (exact) mass is 319 g/mol. The van der Waals surface area contributed by atoms with Crippen LogP contribution in [0.25, 0.3) is 0 Å². The van der Waals surface area contributed by atoms with Gasteiger partial charge in [0.25, 0.3) is 5.56 Å². The van der Waals surface area contributed by atoms with E-state index in [4.69, 9.17) is 5.11 Å². The Bertz CT molecular complexity index is 653. The number of aliphatic hydroxyl groups is 1. The van der Waals surface area contributed by atoms with E-state index in [-0.39, 0.29) is 24.6 Å². The average Bonchev–Trinajstić information content (AvgIpc) is 2.54. The van der Waals surface area contributed by atoms with Crippen molar-refractivity contribution in [1.82, 2.24) is 9.47 Å². The SMILES string of the molecule is Cc1c(CN2CCC(C)CC2)c(O)n(CCCO)c(=O)c1C#N. The van der Waals surface area contributed by atoms with Crippen molar-refractivity contribution in [2.45, 2.75) is 46.2 Å². The van der Waals surface area contributed by atoms with E-state index in [1.54, 1.807) is 6.92 Å². The van der Waals surface area contributed by atoms with Crippen LogP contribution in [0.5, 0.6) is 5.88 Å². The Balaban J connectivity index is 2.38. The number of piperidine rings is 1. The van der Waals surface area contributed by atoms with Gasteiger partial charge in [-0.1, -0.05) is 6.92 Å². The summed E-state index contributed by atoms with van der Waals surface area (Å²) in [5.74, 6) is 0.646. The number of aromatic hydroxyl groups is 1. The van der Waals surface area contributed by atoms with Crippen LogP contribution in [0.15, 0.2) is 4.79 Å². The molecule has 0 radical (unpaired) electrons. The van der Waals surface area contributed by atoms with E-state index in [0.29, 0.717) is 30.0 Å². The minimum atomic E-state index is -0.480. The number of aliphatic hydroxyl groups excluding tert-OH is 1. The molecule has 6 heteroatoms. The summed E-state index contributed by atoms with van der Waals surface area (Å²) in [6.45, 7) is 6.55. The smallest absolute Gasteiger partial charge is 0.271 e. The van der Waals surface area contributed by atoms with Crippen molar-refractivity contribution < 1.29 is 10.2 Å². The maximum absolute atomic E-state index is 12.3. The molecule has 2 N–H and O–H groups in total. The van der Waals surface area contributed by atoms with Crippen molar-refractivity contribution in [3.63, 3.8) is 0 Å². The van der Waals surface area contributed by atoms with Crippen LogP contribution in [-0.4, -0.2) is 39.4 Å². The molecule has 1 aromatic rings. The molecule has 0 saturated carbocycles. The van der Waals surface area contributed by atoms with Crippen LogP contribution in [0.3, 0.4) is 0 Å². The maximum atomic E-state index is 12.3. The van der Waals surface area contributed by atoms with Crippen LogP contribution in [0, 0.1) is 24.2 Å². The predicted octanol–water partition coefficient (Wildman–Crippen LogP) is 1.35. The number of likely N-dealkylation sites (tertiary alicyclic amines) is 1. The summed E-state index contributed by atoms with van der Waals surface area (Å²) in [7, 11) is 0. The molecular formula is C17H25N3O3. The zero-order valence-electron chi connectivity index (χ0n) is 13.9. The number of hydrogen-bond acceptors (Lipinski definition) is 5. The molecule has 126 valence electrons. The quantitative estimate of drug-likeness (QED) is 0.855. The first-order valence-corrected chi connectivity index (χ1v) is 8.18. The van der Waals surface area contributed by atoms with Gasteiger partial charge < -0.3 is 10.2 Å². The molecule has 23 heavy (non-hydrogen) atoms. The van der Waals surface area contributed by atoms with Gasteiger partial charge in [0.05, 0.1) is 0 Å². The lowest BCUT2D eigenvalue weighted by atomic mass is 9.98. The van der Waals surface area contributed by atoms with Gasteiger partial charge in [0.1, 0.15) is 11.6 Å². The Kier molecular flexibility index (Phi) is 5.80. The number of rotatable bonds is 5. The number of nitriles is 1. The number of pyridine rings is 1. The lowest BCUT2D eigenvalue weighted by molar-refractivity contribution is 0.182. The van der Waals surface area contributed by atoms with E-state index in [9.17, 15) is 15.2 Å². The van der Waals surface area contributed by atoms with Crippen LogP contribution in [0.2, 0.25) is 0 Å². The third kappa shape index (κ3) is 3.74. The van der Waals surface area contributed by atoms with Crippen molar-refractivity contribution in [1.29, 1.82) is 5.26 Å². The standard InChI is InChI=1S/C17H25N3O3/c1-12-4-7-19(8-5-12)11-15-13(2)14(10-18)16(22)20(17(15)23)6-3-9-21/h12,21,23H,3-9,11H2,1-2H3. The topological polar surface area (TPSA) is 89.5 Å². The molecule has 0 bridgehead atoms. The molecule has 0 amide bonds. The summed E-state index contributed by atoms with van der Waals surface area (Å²) >= 11 is 0. The first-order valence-electron chi connectivity index (χ1n) is 8.18. The molecule has 0 unspecified atom stereocenters. The van der Waals surface area contributed by atoms with E-state index >= 15 is 0 Å². The fourth-order valence-corrected chi connectivity index (χ4v) is 3.07. The van der Waals surface area contributed by atoms with Crippen LogP contribution in [0.1, 0.15) is 42.9 Å². The molecule has 2 heterocycles. The van der Waals surface area contributed by atoms with Gasteiger partial charge in [-0.05, 0) is 50.8 Å². The number of hydrogen-bond donors (Lipinski definition) is 2. The van der Waals surface area contributed by atoms with Crippen molar-refractivity contribution >= 4 is 0 Å². The molecule has 2 rings (SSSR count). The molecule has 1 aromatic heterocycles. The Morgan fingerprint density at radius 3 is 2.57 bits per heavy atom. The second kappa shape index (κ2) is 7.62. The van der Waals surface area contributed by atoms with Crippen LogP contribution in [0.4, 0.5) is 0 Å². The summed E-state index contributed by atoms with van der Waals surface area (Å²) < 4.78 is 1.21. The Morgan fingerprint density at radius 2 is 2.00 bits per heavy atom. The van der Waals surface area contributed by atoms with Crippen molar-refractivity contribution in [3.05, 3.63) is 27.0 Å². The van der Waals surface area contributed by atoms with Crippen molar-refractivity contribution in [2.24, 2.45) is 5.92 Å². The number of nitrogens with zero attached hydrogens (tertiary/aromatic N) is 3. The highest BCUT2D eigenvalue weighted by molar-refractivity contribution is 5.45. The second-order valence-electron chi connectivity index (χ2n) is 6.41. The zero-order valence-corrected chi connectivity index (χ0v) is 13.9. The summed E-state index contributed by atoms with van der Waals surface area (Å²) in [5, 5.41) is 28.8. The molecule has 6 nitrogen and oxygen atoms in total. The summed E-state index contributed by atoms with van der Waals surface area (Å²) in [4.78, 5) is 14.6. The normalized spacial score (nSPS) is 16.4. The molecule has 1 saturated heterocycles. The first-order chi connectivity index (χ1) is 11.0. The highest BCUT2D eigenvalue weighted by Gasteiger charge is 2.22. The summed E-state index contributed by atoms with van der Waals surface area (Å²) in [6.07, 6.45) is 2.60. The molecule has 0 aliphatic carbocycles. The van der Waals surface area contributed by atoms with Crippen LogP contribution in [-0.2, 0) is 13.1 Å². The van der Waals surface area contributed by atoms with E-state index < -0.39 is 5.56 Å². The highest BCUT2D eigenvalue weighted by atomic mass is 16.3. The molecule has 0 aromatic carbocycles.